The maximum absolute atomic E-state index is 13.9. The number of aryl methyl sites for hydroxylation is 1. The van der Waals surface area contributed by atoms with Crippen molar-refractivity contribution in [3.05, 3.63) is 35.9 Å². The summed E-state index contributed by atoms with van der Waals surface area (Å²) in [5.41, 5.74) is 28.4. The fraction of sp³-hybridized carbons (Fsp3) is 0.605. The van der Waals surface area contributed by atoms with Crippen molar-refractivity contribution in [1.82, 2.24) is 31.5 Å². The van der Waals surface area contributed by atoms with Gasteiger partial charge in [-0.3, -0.25) is 53.0 Å². The lowest BCUT2D eigenvalue weighted by molar-refractivity contribution is -0.150. The van der Waals surface area contributed by atoms with Crippen LogP contribution >= 0.6 is 11.8 Å². The molecule has 0 aromatic heterocycles. The zero-order chi connectivity index (χ0) is 50.5. The summed E-state index contributed by atoms with van der Waals surface area (Å²) < 4.78 is 0. The Balaban J connectivity index is 3.33. The van der Waals surface area contributed by atoms with Gasteiger partial charge in [-0.1, -0.05) is 50.6 Å². The predicted molar refractivity (Wildman–Crippen MR) is 251 cm³/mol. The molecule has 6 atom stereocenters. The fourth-order valence-corrected chi connectivity index (χ4v) is 7.02. The number of imide groups is 1. The van der Waals surface area contributed by atoms with Gasteiger partial charge in [0.15, 0.2) is 5.96 Å². The Labute approximate surface area is 395 Å². The van der Waals surface area contributed by atoms with Gasteiger partial charge in [0.1, 0.15) is 30.5 Å². The number of benzene rings is 1. The summed E-state index contributed by atoms with van der Waals surface area (Å²) in [4.78, 5) is 136. The van der Waals surface area contributed by atoms with E-state index in [0.29, 0.717) is 31.4 Å². The van der Waals surface area contributed by atoms with Gasteiger partial charge in [0, 0.05) is 19.4 Å². The first kappa shape index (κ1) is 58.9. The molecule has 0 spiro atoms. The SMILES string of the molecule is CSCC[C@H](NC(=O)[C@H](CC(=O)O)NC(=O)[C@@H](N)CCCCN)C(=O)N[C@@H](CCC(N)=O)C(=O)N[C@@H](CC(C)C)C(=O)NCC(=O)N(C(=O)CCc1ccccc1)[C@H](C=O)CCCN=C(N)N. The van der Waals surface area contributed by atoms with E-state index in [4.69, 9.17) is 28.7 Å². The standard InChI is InChI=1S/C43H70N12O11S/c1-26(2)22-32(39(63)50-24-36(59)55(28(25-56)12-9-20-49-43(47)48)35(58)17-14-27-10-5-4-6-11-27)54-40(64)30(15-16-34(46)57)51-41(65)31(18-21-67-3)52-42(66)33(23-37(60)61)53-38(62)29(45)13-7-8-19-44/h4-6,10-11,25-26,28-33H,7-9,12-24,44-45H2,1-3H3,(H2,46,57)(H,50,63)(H,51,65)(H,52,66)(H,53,62)(H,54,64)(H,60,61)(H4,47,48,49)/t28-,29-,30-,31-,32-,33-/m0/s1. The number of thioether (sulfide) groups is 1. The van der Waals surface area contributed by atoms with Crippen molar-refractivity contribution in [1.29, 1.82) is 0 Å². The van der Waals surface area contributed by atoms with Gasteiger partial charge in [0.2, 0.25) is 47.3 Å². The van der Waals surface area contributed by atoms with E-state index in [1.54, 1.807) is 50.4 Å². The van der Waals surface area contributed by atoms with Crippen molar-refractivity contribution < 1.29 is 53.1 Å². The second kappa shape index (κ2) is 32.5. The number of nitrogens with one attached hydrogen (secondary N) is 5. The minimum Gasteiger partial charge on any atom is -0.481 e. The first-order valence-electron chi connectivity index (χ1n) is 22.1. The highest BCUT2D eigenvalue weighted by atomic mass is 32.2. The van der Waals surface area contributed by atoms with Gasteiger partial charge >= 0.3 is 5.97 Å². The van der Waals surface area contributed by atoms with Crippen LogP contribution < -0.4 is 55.3 Å². The van der Waals surface area contributed by atoms with Crippen LogP contribution in [0.5, 0.6) is 0 Å². The number of carboxylic acid groups (broad SMARTS) is 1. The number of aliphatic carboxylic acids is 1. The molecule has 23 nitrogen and oxygen atoms in total. The third kappa shape index (κ3) is 24.3. The highest BCUT2D eigenvalue weighted by Gasteiger charge is 2.34. The zero-order valence-electron chi connectivity index (χ0n) is 38.5. The van der Waals surface area contributed by atoms with Crippen LogP contribution in [-0.4, -0.2) is 143 Å². The van der Waals surface area contributed by atoms with Crippen molar-refractivity contribution in [3.63, 3.8) is 0 Å². The normalized spacial score (nSPS) is 13.6. The van der Waals surface area contributed by atoms with E-state index >= 15 is 0 Å². The highest BCUT2D eigenvalue weighted by molar-refractivity contribution is 7.98. The number of hydrogen-bond donors (Lipinski definition) is 11. The molecule has 16 N–H and O–H groups in total. The number of primary amides is 1. The summed E-state index contributed by atoms with van der Waals surface area (Å²) in [5.74, 6) is -8.44. The monoisotopic (exact) mass is 963 g/mol. The fourth-order valence-electron chi connectivity index (χ4n) is 6.55. The molecule has 0 aliphatic carbocycles. The molecule has 0 saturated carbocycles. The topological polar surface area (TPSA) is 397 Å². The maximum Gasteiger partial charge on any atom is 0.305 e. The van der Waals surface area contributed by atoms with Gasteiger partial charge < -0.3 is 65.2 Å². The van der Waals surface area contributed by atoms with E-state index in [1.807, 2.05) is 0 Å². The van der Waals surface area contributed by atoms with Crippen molar-refractivity contribution in [2.45, 2.75) is 127 Å². The number of nitrogens with two attached hydrogens (primary N) is 5. The molecule has 374 valence electrons. The molecule has 1 rings (SSSR count). The summed E-state index contributed by atoms with van der Waals surface area (Å²) in [5, 5.41) is 21.8. The van der Waals surface area contributed by atoms with Crippen LogP contribution in [0.2, 0.25) is 0 Å². The van der Waals surface area contributed by atoms with Gasteiger partial charge in [-0.05, 0) is 81.4 Å². The smallest absolute Gasteiger partial charge is 0.305 e. The zero-order valence-corrected chi connectivity index (χ0v) is 39.4. The first-order valence-corrected chi connectivity index (χ1v) is 23.5. The number of guanidine groups is 1. The van der Waals surface area contributed by atoms with Gasteiger partial charge in [-0.15, -0.1) is 0 Å². The van der Waals surface area contributed by atoms with Crippen molar-refractivity contribution in [2.75, 3.05) is 31.6 Å². The summed E-state index contributed by atoms with van der Waals surface area (Å²) >= 11 is 1.31. The molecule has 8 amide bonds. The Kier molecular flexibility index (Phi) is 28.6. The molecule has 0 saturated heterocycles. The van der Waals surface area contributed by atoms with Gasteiger partial charge in [-0.25, -0.2) is 0 Å². The number of unbranched alkanes of at least 4 members (excludes halogenated alkanes) is 1. The molecular formula is C43H70N12O11S. The Morgan fingerprint density at radius 2 is 1.34 bits per heavy atom. The minimum atomic E-state index is -1.63. The van der Waals surface area contributed by atoms with E-state index in [2.05, 4.69) is 31.6 Å². The number of nitrogens with zero attached hydrogens (tertiary/aromatic N) is 2. The molecule has 0 unspecified atom stereocenters. The Bertz CT molecular complexity index is 1830. The number of aliphatic imine (C=N–C) groups is 1. The molecule has 24 heteroatoms. The molecule has 0 fully saturated rings. The predicted octanol–water partition coefficient (Wildman–Crippen LogP) is -2.35. The summed E-state index contributed by atoms with van der Waals surface area (Å²) in [6.07, 6.45) is 2.27. The van der Waals surface area contributed by atoms with E-state index in [0.717, 1.165) is 10.5 Å². The largest absolute Gasteiger partial charge is 0.481 e. The first-order chi connectivity index (χ1) is 31.7. The highest BCUT2D eigenvalue weighted by Crippen LogP contribution is 2.13. The lowest BCUT2D eigenvalue weighted by Gasteiger charge is -2.28. The van der Waals surface area contributed by atoms with Crippen LogP contribution in [0.1, 0.15) is 90.0 Å². The lowest BCUT2D eigenvalue weighted by Crippen LogP contribution is -2.59. The molecular weight excluding hydrogens is 893 g/mol. The number of aldehydes is 1. The second-order valence-electron chi connectivity index (χ2n) is 16.2. The van der Waals surface area contributed by atoms with Crippen molar-refractivity contribution >= 4 is 77.2 Å². The average molecular weight is 963 g/mol. The molecule has 0 aliphatic rings. The van der Waals surface area contributed by atoms with Crippen LogP contribution in [0.3, 0.4) is 0 Å². The summed E-state index contributed by atoms with van der Waals surface area (Å²) in [6.45, 7) is 3.24. The number of hydrogen-bond acceptors (Lipinski definition) is 14. The Morgan fingerprint density at radius 1 is 0.746 bits per heavy atom. The van der Waals surface area contributed by atoms with E-state index in [-0.39, 0.29) is 69.8 Å². The molecule has 0 aliphatic heterocycles. The van der Waals surface area contributed by atoms with E-state index in [9.17, 15) is 53.1 Å². The summed E-state index contributed by atoms with van der Waals surface area (Å²) in [6, 6.07) is 0.844. The molecule has 0 bridgehead atoms. The average Bonchev–Trinajstić information content (AvgIpc) is 3.27. The Morgan fingerprint density at radius 3 is 1.90 bits per heavy atom. The van der Waals surface area contributed by atoms with Crippen molar-refractivity contribution in [2.24, 2.45) is 39.6 Å². The van der Waals surface area contributed by atoms with Crippen LogP contribution in [0, 0.1) is 5.92 Å². The van der Waals surface area contributed by atoms with Gasteiger partial charge in [0.25, 0.3) is 0 Å². The van der Waals surface area contributed by atoms with E-state index < -0.39 is 109 Å². The van der Waals surface area contributed by atoms with Gasteiger partial charge in [0.05, 0.1) is 25.0 Å². The third-order valence-electron chi connectivity index (χ3n) is 10.1. The Hall–Kier alpha value is -6.14. The van der Waals surface area contributed by atoms with Crippen LogP contribution in [0.25, 0.3) is 0 Å². The molecule has 0 radical (unpaired) electrons. The third-order valence-corrected chi connectivity index (χ3v) is 10.7. The lowest BCUT2D eigenvalue weighted by atomic mass is 10.0. The maximum atomic E-state index is 13.9. The molecule has 1 aromatic carbocycles. The number of amides is 8. The summed E-state index contributed by atoms with van der Waals surface area (Å²) in [7, 11) is 0. The second-order valence-corrected chi connectivity index (χ2v) is 17.1. The van der Waals surface area contributed by atoms with Crippen molar-refractivity contribution in [3.8, 4) is 0 Å². The number of carbonyl (C=O) groups is 10. The van der Waals surface area contributed by atoms with E-state index in [1.165, 1.54) is 11.8 Å². The minimum absolute atomic E-state index is 0.0174. The number of carboxylic acids is 1. The van der Waals surface area contributed by atoms with Crippen LogP contribution in [-0.2, 0) is 54.4 Å². The quantitative estimate of drug-likeness (QED) is 0.0149. The number of rotatable bonds is 34. The van der Waals surface area contributed by atoms with Gasteiger partial charge in [-0.2, -0.15) is 11.8 Å². The molecule has 1 aromatic rings. The number of carbonyl (C=O) groups excluding carboxylic acids is 9. The molecule has 67 heavy (non-hydrogen) atoms. The van der Waals surface area contributed by atoms with Crippen LogP contribution in [0.15, 0.2) is 35.3 Å². The molecule has 0 heterocycles. The van der Waals surface area contributed by atoms with Crippen LogP contribution in [0.4, 0.5) is 0 Å².